The van der Waals surface area contributed by atoms with Crippen LogP contribution in [0.15, 0.2) is 30.3 Å². The van der Waals surface area contributed by atoms with Gasteiger partial charge < -0.3 is 4.18 Å². The zero-order valence-corrected chi connectivity index (χ0v) is 21.7. The molecule has 0 aromatic heterocycles. The zero-order valence-electron chi connectivity index (χ0n) is 20.1. The summed E-state index contributed by atoms with van der Waals surface area (Å²) in [5.74, 6) is -0.0505. The van der Waals surface area contributed by atoms with Gasteiger partial charge in [0.15, 0.2) is 0 Å². The van der Waals surface area contributed by atoms with E-state index in [1.54, 1.807) is 18.2 Å². The molecule has 0 saturated heterocycles. The van der Waals surface area contributed by atoms with E-state index in [9.17, 15) is 16.8 Å². The lowest BCUT2D eigenvalue weighted by Crippen LogP contribution is -2.20. The summed E-state index contributed by atoms with van der Waals surface area (Å²) in [7, 11) is -9.47. The van der Waals surface area contributed by atoms with Gasteiger partial charge in [0.05, 0.1) is 6.61 Å². The van der Waals surface area contributed by atoms with Crippen molar-refractivity contribution in [2.75, 3.05) is 6.61 Å². The highest BCUT2D eigenvalue weighted by molar-refractivity contribution is 7.95. The lowest BCUT2D eigenvalue weighted by molar-refractivity contribution is 0.259. The lowest BCUT2D eigenvalue weighted by atomic mass is 10.0. The average molecular weight is 507 g/mol. The SMILES string of the molecule is CCCCCCCCCCCCCCCCCCOS(=O)(=O)OS(=O)(=O)Oc1ccccc1. The minimum Gasteiger partial charge on any atom is -0.361 e. The first kappa shape index (κ1) is 29.9. The fourth-order valence-corrected chi connectivity index (χ4v) is 5.29. The lowest BCUT2D eigenvalue weighted by Gasteiger charge is -2.07. The van der Waals surface area contributed by atoms with Crippen molar-refractivity contribution in [2.45, 2.75) is 110 Å². The Kier molecular flexibility index (Phi) is 16.5. The van der Waals surface area contributed by atoms with Gasteiger partial charge in [-0.25, -0.2) is 4.18 Å². The van der Waals surface area contributed by atoms with E-state index in [2.05, 4.69) is 18.9 Å². The Morgan fingerprint density at radius 2 is 1.00 bits per heavy atom. The number of rotatable bonds is 22. The molecule has 1 aromatic rings. The largest absolute Gasteiger partial charge is 0.465 e. The van der Waals surface area contributed by atoms with Gasteiger partial charge in [-0.3, -0.25) is 0 Å². The summed E-state index contributed by atoms with van der Waals surface area (Å²) in [6.45, 7) is 2.13. The predicted molar refractivity (Wildman–Crippen MR) is 131 cm³/mol. The molecule has 0 fully saturated rings. The molecule has 1 rings (SSSR count). The highest BCUT2D eigenvalue weighted by Crippen LogP contribution is 2.16. The van der Waals surface area contributed by atoms with Crippen LogP contribution in [0.2, 0.25) is 0 Å². The second-order valence-electron chi connectivity index (χ2n) is 8.41. The quantitative estimate of drug-likeness (QED) is 0.159. The van der Waals surface area contributed by atoms with Gasteiger partial charge in [-0.05, 0) is 18.6 Å². The summed E-state index contributed by atoms with van der Waals surface area (Å²) in [6.07, 6.45) is 19.4. The molecular weight excluding hydrogens is 464 g/mol. The first-order valence-electron chi connectivity index (χ1n) is 12.4. The zero-order chi connectivity index (χ0) is 24.3. The monoisotopic (exact) mass is 506 g/mol. The molecule has 1 aromatic carbocycles. The van der Waals surface area contributed by atoms with Crippen molar-refractivity contribution in [2.24, 2.45) is 0 Å². The van der Waals surface area contributed by atoms with Gasteiger partial charge in [-0.2, -0.15) is 16.8 Å². The third-order valence-electron chi connectivity index (χ3n) is 5.33. The Hall–Kier alpha value is -1.16. The topological polar surface area (TPSA) is 96.0 Å². The summed E-state index contributed by atoms with van der Waals surface area (Å²) >= 11 is 0. The summed E-state index contributed by atoms with van der Waals surface area (Å²) in [4.78, 5) is 0. The second kappa shape index (κ2) is 18.2. The minimum atomic E-state index is -4.78. The van der Waals surface area contributed by atoms with Crippen molar-refractivity contribution in [3.05, 3.63) is 30.3 Å². The Morgan fingerprint density at radius 3 is 1.45 bits per heavy atom. The fraction of sp³-hybridized carbons (Fsp3) is 0.750. The van der Waals surface area contributed by atoms with Crippen LogP contribution in [0.4, 0.5) is 0 Å². The van der Waals surface area contributed by atoms with Crippen LogP contribution < -0.4 is 4.18 Å². The van der Waals surface area contributed by atoms with Crippen LogP contribution in [0.3, 0.4) is 0 Å². The maximum atomic E-state index is 11.7. The van der Waals surface area contributed by atoms with Crippen LogP contribution in [0.25, 0.3) is 0 Å². The molecule has 0 spiro atoms. The molecular formula is C24H42O7S2. The van der Waals surface area contributed by atoms with Crippen LogP contribution >= 0.6 is 0 Å². The van der Waals surface area contributed by atoms with Gasteiger partial charge >= 0.3 is 20.8 Å². The summed E-state index contributed by atoms with van der Waals surface area (Å²) in [5, 5.41) is 0. The van der Waals surface area contributed by atoms with Gasteiger partial charge in [-0.1, -0.05) is 125 Å². The summed E-state index contributed by atoms with van der Waals surface area (Å²) < 4.78 is 60.0. The maximum absolute atomic E-state index is 11.7. The molecule has 0 bridgehead atoms. The van der Waals surface area contributed by atoms with Crippen molar-refractivity contribution >= 4 is 20.8 Å². The van der Waals surface area contributed by atoms with Crippen LogP contribution in [0.1, 0.15) is 110 Å². The van der Waals surface area contributed by atoms with Gasteiger partial charge in [0.25, 0.3) is 0 Å². The average Bonchev–Trinajstić information content (AvgIpc) is 2.75. The smallest absolute Gasteiger partial charge is 0.361 e. The molecule has 192 valence electrons. The molecule has 0 aliphatic carbocycles. The van der Waals surface area contributed by atoms with E-state index >= 15 is 0 Å². The highest BCUT2D eigenvalue weighted by atomic mass is 32.3. The van der Waals surface area contributed by atoms with E-state index in [0.29, 0.717) is 6.42 Å². The number of hydrogen-bond acceptors (Lipinski definition) is 7. The number of unbranched alkanes of at least 4 members (excludes halogenated alkanes) is 15. The molecule has 0 N–H and O–H groups in total. The van der Waals surface area contributed by atoms with Crippen LogP contribution in [-0.4, -0.2) is 23.4 Å². The third-order valence-corrected chi connectivity index (χ3v) is 7.52. The van der Waals surface area contributed by atoms with E-state index < -0.39 is 20.8 Å². The van der Waals surface area contributed by atoms with Crippen LogP contribution in [0, 0.1) is 0 Å². The summed E-state index contributed by atoms with van der Waals surface area (Å²) in [5.41, 5.74) is 0. The van der Waals surface area contributed by atoms with Crippen molar-refractivity contribution in [1.82, 2.24) is 0 Å². The van der Waals surface area contributed by atoms with E-state index in [1.807, 2.05) is 0 Å². The summed E-state index contributed by atoms with van der Waals surface area (Å²) in [6, 6.07) is 7.49. The van der Waals surface area contributed by atoms with E-state index in [4.69, 9.17) is 0 Å². The van der Waals surface area contributed by atoms with E-state index in [-0.39, 0.29) is 12.4 Å². The first-order valence-corrected chi connectivity index (χ1v) is 15.1. The maximum Gasteiger partial charge on any atom is 0.465 e. The molecule has 9 heteroatoms. The molecule has 0 amide bonds. The Labute approximate surface area is 201 Å². The van der Waals surface area contributed by atoms with E-state index in [0.717, 1.165) is 19.3 Å². The molecule has 0 radical (unpaired) electrons. The number of benzene rings is 1. The van der Waals surface area contributed by atoms with Crippen LogP contribution in [0.5, 0.6) is 5.75 Å². The number of hydrogen-bond donors (Lipinski definition) is 0. The highest BCUT2D eigenvalue weighted by Gasteiger charge is 2.25. The van der Waals surface area contributed by atoms with Crippen molar-refractivity contribution in [3.63, 3.8) is 0 Å². The minimum absolute atomic E-state index is 0.0505. The van der Waals surface area contributed by atoms with Gasteiger partial charge in [0, 0.05) is 0 Å². The molecule has 0 unspecified atom stereocenters. The molecule has 0 aliphatic heterocycles. The van der Waals surface area contributed by atoms with Gasteiger partial charge in [0.1, 0.15) is 5.75 Å². The van der Waals surface area contributed by atoms with Gasteiger partial charge in [0.2, 0.25) is 0 Å². The van der Waals surface area contributed by atoms with Crippen molar-refractivity contribution in [1.29, 1.82) is 0 Å². The molecule has 7 nitrogen and oxygen atoms in total. The Bertz CT molecular complexity index is 793. The fourth-order valence-electron chi connectivity index (χ4n) is 3.54. The van der Waals surface area contributed by atoms with Crippen molar-refractivity contribution in [3.8, 4) is 5.75 Å². The number of para-hydroxylation sites is 1. The molecule has 0 atom stereocenters. The normalized spacial score (nSPS) is 12.2. The molecule has 0 heterocycles. The Morgan fingerprint density at radius 1 is 0.576 bits per heavy atom. The molecule has 0 aliphatic rings. The van der Waals surface area contributed by atoms with Crippen molar-refractivity contribution < 1.29 is 28.8 Å². The van der Waals surface area contributed by atoms with Crippen LogP contribution in [-0.2, 0) is 28.6 Å². The predicted octanol–water partition coefficient (Wildman–Crippen LogP) is 6.85. The molecule has 33 heavy (non-hydrogen) atoms. The van der Waals surface area contributed by atoms with E-state index in [1.165, 1.54) is 89.2 Å². The third kappa shape index (κ3) is 17.9. The standard InChI is InChI=1S/C24H42O7S2/c1-2-3-4-5-6-7-8-9-10-11-12-13-14-15-16-20-23-29-32(25,26)31-33(27,28)30-24-21-18-17-19-22-24/h17-19,21-22H,2-16,20,23H2,1H3. The first-order chi connectivity index (χ1) is 15.8. The molecule has 0 saturated carbocycles. The second-order valence-corrected chi connectivity index (χ2v) is 11.0. The Balaban J connectivity index is 1.95. The van der Waals surface area contributed by atoms with Gasteiger partial charge in [-0.15, -0.1) is 0 Å².